The topological polar surface area (TPSA) is 51.0 Å². The van der Waals surface area contributed by atoms with Crippen molar-refractivity contribution >= 4 is 5.91 Å². The standard InChI is InChI=1S/C21H20F4N4O/c1-13(2)19-16(20(30)28(3)12-14-6-4-5-7-17(14)22)11-27-29(19)18-9-8-15(10-26-18)21(23,24)25/h4-11,13H,12H2,1-3H3. The molecule has 158 valence electrons. The first-order valence-electron chi connectivity index (χ1n) is 9.20. The number of aromatic nitrogens is 3. The number of carbonyl (C=O) groups excluding carboxylic acids is 1. The summed E-state index contributed by atoms with van der Waals surface area (Å²) in [4.78, 5) is 18.2. The number of amides is 1. The molecular formula is C21H20F4N4O. The molecule has 0 aliphatic rings. The Kier molecular flexibility index (Phi) is 5.91. The van der Waals surface area contributed by atoms with Crippen LogP contribution in [-0.4, -0.2) is 32.6 Å². The van der Waals surface area contributed by atoms with Crippen LogP contribution in [0.25, 0.3) is 5.82 Å². The predicted molar refractivity (Wildman–Crippen MR) is 103 cm³/mol. The van der Waals surface area contributed by atoms with Gasteiger partial charge in [0.05, 0.1) is 23.0 Å². The number of alkyl halides is 3. The van der Waals surface area contributed by atoms with E-state index in [0.717, 1.165) is 12.3 Å². The third kappa shape index (κ3) is 4.34. The van der Waals surface area contributed by atoms with Gasteiger partial charge in [0.25, 0.3) is 5.91 Å². The molecule has 0 unspecified atom stereocenters. The molecule has 3 rings (SSSR count). The summed E-state index contributed by atoms with van der Waals surface area (Å²) in [5.41, 5.74) is 0.292. The number of benzene rings is 1. The zero-order chi connectivity index (χ0) is 22.1. The number of pyridine rings is 1. The van der Waals surface area contributed by atoms with E-state index in [4.69, 9.17) is 0 Å². The van der Waals surface area contributed by atoms with Gasteiger partial charge in [0.15, 0.2) is 5.82 Å². The quantitative estimate of drug-likeness (QED) is 0.556. The molecule has 0 saturated carbocycles. The molecule has 9 heteroatoms. The van der Waals surface area contributed by atoms with Crippen molar-refractivity contribution in [2.75, 3.05) is 7.05 Å². The van der Waals surface area contributed by atoms with Gasteiger partial charge in [0, 0.05) is 25.4 Å². The molecule has 2 aromatic heterocycles. The van der Waals surface area contributed by atoms with Gasteiger partial charge in [-0.25, -0.2) is 14.1 Å². The van der Waals surface area contributed by atoms with E-state index < -0.39 is 17.6 Å². The zero-order valence-corrected chi connectivity index (χ0v) is 16.6. The molecular weight excluding hydrogens is 400 g/mol. The minimum absolute atomic E-state index is 0.0623. The van der Waals surface area contributed by atoms with E-state index in [1.54, 1.807) is 25.2 Å². The van der Waals surface area contributed by atoms with Gasteiger partial charge in [-0.05, 0) is 24.1 Å². The molecule has 0 spiro atoms. The van der Waals surface area contributed by atoms with E-state index in [0.29, 0.717) is 11.3 Å². The molecule has 2 heterocycles. The van der Waals surface area contributed by atoms with Crippen LogP contribution in [0.3, 0.4) is 0 Å². The van der Waals surface area contributed by atoms with Crippen molar-refractivity contribution in [2.45, 2.75) is 32.5 Å². The van der Waals surface area contributed by atoms with Gasteiger partial charge in [0.1, 0.15) is 5.82 Å². The first-order valence-corrected chi connectivity index (χ1v) is 9.20. The molecule has 0 bridgehead atoms. The van der Waals surface area contributed by atoms with E-state index in [2.05, 4.69) is 10.1 Å². The normalized spacial score (nSPS) is 11.7. The van der Waals surface area contributed by atoms with Gasteiger partial charge in [0.2, 0.25) is 0 Å². The summed E-state index contributed by atoms with van der Waals surface area (Å²) >= 11 is 0. The molecule has 5 nitrogen and oxygen atoms in total. The molecule has 0 aliphatic carbocycles. The fourth-order valence-corrected chi connectivity index (χ4v) is 3.10. The number of halogens is 4. The van der Waals surface area contributed by atoms with Crippen LogP contribution < -0.4 is 0 Å². The minimum Gasteiger partial charge on any atom is -0.337 e. The lowest BCUT2D eigenvalue weighted by Crippen LogP contribution is -2.27. The van der Waals surface area contributed by atoms with Crippen molar-refractivity contribution in [3.63, 3.8) is 0 Å². The molecule has 1 aromatic carbocycles. The fourth-order valence-electron chi connectivity index (χ4n) is 3.10. The van der Waals surface area contributed by atoms with Gasteiger partial charge in [-0.3, -0.25) is 4.79 Å². The van der Waals surface area contributed by atoms with Crippen LogP contribution in [-0.2, 0) is 12.7 Å². The molecule has 0 N–H and O–H groups in total. The van der Waals surface area contributed by atoms with Gasteiger partial charge in [-0.15, -0.1) is 0 Å². The fraction of sp³-hybridized carbons (Fsp3) is 0.286. The summed E-state index contributed by atoms with van der Waals surface area (Å²) in [5.74, 6) is -0.786. The Hall–Kier alpha value is -3.23. The summed E-state index contributed by atoms with van der Waals surface area (Å²) in [6.07, 6.45) is -2.41. The molecule has 0 fully saturated rings. The number of carbonyl (C=O) groups is 1. The molecule has 0 saturated heterocycles. The number of hydrogen-bond acceptors (Lipinski definition) is 3. The van der Waals surface area contributed by atoms with Crippen LogP contribution >= 0.6 is 0 Å². The molecule has 0 aliphatic heterocycles. The average molecular weight is 420 g/mol. The van der Waals surface area contributed by atoms with Gasteiger partial charge >= 0.3 is 6.18 Å². The van der Waals surface area contributed by atoms with Crippen LogP contribution in [0.4, 0.5) is 17.6 Å². The highest BCUT2D eigenvalue weighted by Crippen LogP contribution is 2.29. The smallest absolute Gasteiger partial charge is 0.337 e. The molecule has 1 amide bonds. The number of nitrogens with zero attached hydrogens (tertiary/aromatic N) is 4. The van der Waals surface area contributed by atoms with E-state index in [1.165, 1.54) is 27.9 Å². The lowest BCUT2D eigenvalue weighted by atomic mass is 10.0. The minimum atomic E-state index is -4.49. The highest BCUT2D eigenvalue weighted by Gasteiger charge is 2.31. The second kappa shape index (κ2) is 8.25. The highest BCUT2D eigenvalue weighted by atomic mass is 19.4. The Morgan fingerprint density at radius 1 is 1.13 bits per heavy atom. The van der Waals surface area contributed by atoms with Gasteiger partial charge < -0.3 is 4.90 Å². The number of rotatable bonds is 5. The van der Waals surface area contributed by atoms with Crippen LogP contribution in [0.15, 0.2) is 48.8 Å². The Labute approximate surface area is 171 Å². The highest BCUT2D eigenvalue weighted by molar-refractivity contribution is 5.95. The first-order chi connectivity index (χ1) is 14.1. The van der Waals surface area contributed by atoms with E-state index in [-0.39, 0.29) is 29.8 Å². The van der Waals surface area contributed by atoms with Crippen LogP contribution in [0.1, 0.15) is 46.9 Å². The number of hydrogen-bond donors (Lipinski definition) is 0. The maximum Gasteiger partial charge on any atom is 0.417 e. The second-order valence-corrected chi connectivity index (χ2v) is 7.17. The van der Waals surface area contributed by atoms with Gasteiger partial charge in [-0.2, -0.15) is 18.3 Å². The largest absolute Gasteiger partial charge is 0.417 e. The van der Waals surface area contributed by atoms with Crippen molar-refractivity contribution in [3.8, 4) is 5.82 Å². The van der Waals surface area contributed by atoms with Gasteiger partial charge in [-0.1, -0.05) is 32.0 Å². The maximum absolute atomic E-state index is 13.9. The van der Waals surface area contributed by atoms with Crippen molar-refractivity contribution in [2.24, 2.45) is 0 Å². The van der Waals surface area contributed by atoms with Crippen LogP contribution in [0.5, 0.6) is 0 Å². The molecule has 30 heavy (non-hydrogen) atoms. The zero-order valence-electron chi connectivity index (χ0n) is 16.6. The van der Waals surface area contributed by atoms with E-state index in [9.17, 15) is 22.4 Å². The predicted octanol–water partition coefficient (Wildman–Crippen LogP) is 4.82. The lowest BCUT2D eigenvalue weighted by Gasteiger charge is -2.19. The van der Waals surface area contributed by atoms with Crippen molar-refractivity contribution in [1.82, 2.24) is 19.7 Å². The Morgan fingerprint density at radius 3 is 2.40 bits per heavy atom. The third-order valence-corrected chi connectivity index (χ3v) is 4.59. The molecule has 0 atom stereocenters. The molecule has 0 radical (unpaired) electrons. The summed E-state index contributed by atoms with van der Waals surface area (Å²) in [6, 6.07) is 8.29. The molecule has 3 aromatic rings. The summed E-state index contributed by atoms with van der Waals surface area (Å²) in [7, 11) is 1.55. The maximum atomic E-state index is 13.9. The van der Waals surface area contributed by atoms with E-state index in [1.807, 2.05) is 13.8 Å². The lowest BCUT2D eigenvalue weighted by molar-refractivity contribution is -0.137. The Morgan fingerprint density at radius 2 is 1.83 bits per heavy atom. The summed E-state index contributed by atoms with van der Waals surface area (Å²) in [6.45, 7) is 3.74. The monoisotopic (exact) mass is 420 g/mol. The Bertz CT molecular complexity index is 1040. The van der Waals surface area contributed by atoms with Crippen LogP contribution in [0, 0.1) is 5.82 Å². The van der Waals surface area contributed by atoms with E-state index >= 15 is 0 Å². The first kappa shape index (κ1) is 21.5. The average Bonchev–Trinajstić information content (AvgIpc) is 3.14. The Balaban J connectivity index is 1.92. The van der Waals surface area contributed by atoms with Crippen molar-refractivity contribution in [1.29, 1.82) is 0 Å². The van der Waals surface area contributed by atoms with Crippen LogP contribution in [0.2, 0.25) is 0 Å². The third-order valence-electron chi connectivity index (χ3n) is 4.59. The SMILES string of the molecule is CC(C)c1c(C(=O)N(C)Cc2ccccc2F)cnn1-c1ccc(C(F)(F)F)cn1. The second-order valence-electron chi connectivity index (χ2n) is 7.17. The summed E-state index contributed by atoms with van der Waals surface area (Å²) < 4.78 is 53.7. The van der Waals surface area contributed by atoms with Crippen molar-refractivity contribution in [3.05, 3.63) is 77.0 Å². The van der Waals surface area contributed by atoms with Crippen molar-refractivity contribution < 1.29 is 22.4 Å². The summed E-state index contributed by atoms with van der Waals surface area (Å²) in [5, 5.41) is 4.18.